The lowest BCUT2D eigenvalue weighted by molar-refractivity contribution is -0.125. The summed E-state index contributed by atoms with van der Waals surface area (Å²) in [5, 5.41) is 3.14. The zero-order valence-corrected chi connectivity index (χ0v) is 17.5. The van der Waals surface area contributed by atoms with E-state index in [1.807, 2.05) is 0 Å². The molecule has 2 aromatic rings. The number of carbonyl (C=O) groups is 1. The first-order chi connectivity index (χ1) is 13.6. The molecule has 4 rings (SSSR count). The third-order valence-electron chi connectivity index (χ3n) is 5.79. The van der Waals surface area contributed by atoms with Crippen molar-refractivity contribution < 1.29 is 13.2 Å². The van der Waals surface area contributed by atoms with Crippen molar-refractivity contribution in [3.8, 4) is 0 Å². The summed E-state index contributed by atoms with van der Waals surface area (Å²) < 4.78 is 36.3. The summed E-state index contributed by atoms with van der Waals surface area (Å²) in [6, 6.07) is 4.50. The number of sulfonamides is 1. The van der Waals surface area contributed by atoms with Crippen molar-refractivity contribution in [2.24, 2.45) is 0 Å². The third-order valence-corrected chi connectivity index (χ3v) is 8.28. The van der Waals surface area contributed by atoms with E-state index in [1.54, 1.807) is 18.2 Å². The second-order valence-corrected chi connectivity index (χ2v) is 10.1. The van der Waals surface area contributed by atoms with E-state index in [-0.39, 0.29) is 16.8 Å². The molecule has 0 radical (unpaired) electrons. The summed E-state index contributed by atoms with van der Waals surface area (Å²) in [4.78, 5) is 13.1. The molecule has 0 spiro atoms. The molecule has 2 heterocycles. The highest BCUT2D eigenvalue weighted by Crippen LogP contribution is 2.30. The highest BCUT2D eigenvalue weighted by Gasteiger charge is 2.40. The first kappa shape index (κ1) is 19.7. The average Bonchev–Trinajstić information content (AvgIpc) is 3.32. The van der Waals surface area contributed by atoms with E-state index in [0.717, 1.165) is 37.4 Å². The zero-order valence-electron chi connectivity index (χ0n) is 15.8. The quantitative estimate of drug-likeness (QED) is 0.817. The van der Waals surface area contributed by atoms with Crippen molar-refractivity contribution in [1.82, 2.24) is 18.4 Å². The highest BCUT2D eigenvalue weighted by molar-refractivity contribution is 7.89. The van der Waals surface area contributed by atoms with Crippen LogP contribution >= 0.6 is 11.7 Å². The summed E-state index contributed by atoms with van der Waals surface area (Å²) in [6.45, 7) is 0.360. The van der Waals surface area contributed by atoms with Crippen LogP contribution in [0, 0.1) is 0 Å². The molecule has 2 fully saturated rings. The van der Waals surface area contributed by atoms with Crippen molar-refractivity contribution in [2.45, 2.75) is 74.8 Å². The lowest BCUT2D eigenvalue weighted by Gasteiger charge is -2.27. The molecule has 1 saturated carbocycles. The first-order valence-electron chi connectivity index (χ1n) is 10.1. The fourth-order valence-corrected chi connectivity index (χ4v) is 6.71. The molecule has 28 heavy (non-hydrogen) atoms. The van der Waals surface area contributed by atoms with Gasteiger partial charge in [0.2, 0.25) is 15.9 Å². The van der Waals surface area contributed by atoms with Crippen LogP contribution in [-0.4, -0.2) is 46.0 Å². The predicted octanol–water partition coefficient (Wildman–Crippen LogP) is 3.07. The van der Waals surface area contributed by atoms with Gasteiger partial charge in [-0.25, -0.2) is 8.42 Å². The lowest BCUT2D eigenvalue weighted by Crippen LogP contribution is -2.48. The second-order valence-electron chi connectivity index (χ2n) is 7.71. The van der Waals surface area contributed by atoms with E-state index in [1.165, 1.54) is 23.6 Å². The van der Waals surface area contributed by atoms with E-state index < -0.39 is 16.1 Å². The van der Waals surface area contributed by atoms with E-state index in [2.05, 4.69) is 14.1 Å². The average molecular weight is 423 g/mol. The van der Waals surface area contributed by atoms with Crippen LogP contribution in [0.5, 0.6) is 0 Å². The van der Waals surface area contributed by atoms with Crippen molar-refractivity contribution in [3.05, 3.63) is 18.2 Å². The van der Waals surface area contributed by atoms with Crippen LogP contribution in [0.4, 0.5) is 0 Å². The Hall–Kier alpha value is -1.58. The molecule has 1 aromatic heterocycles. The normalized spacial score (nSPS) is 22.8. The Morgan fingerprint density at radius 1 is 1.04 bits per heavy atom. The van der Waals surface area contributed by atoms with Gasteiger partial charge in [0, 0.05) is 12.6 Å². The number of nitrogens with zero attached hydrogens (tertiary/aromatic N) is 3. The summed E-state index contributed by atoms with van der Waals surface area (Å²) in [7, 11) is -3.81. The SMILES string of the molecule is O=C(NC1CCCCCCC1)[C@@H]1CCCN1S(=O)(=O)c1cccc2nsnc12. The highest BCUT2D eigenvalue weighted by atomic mass is 32.2. The van der Waals surface area contributed by atoms with Gasteiger partial charge >= 0.3 is 0 Å². The van der Waals surface area contributed by atoms with E-state index in [9.17, 15) is 13.2 Å². The predicted molar refractivity (Wildman–Crippen MR) is 109 cm³/mol. The number of nitrogens with one attached hydrogen (secondary N) is 1. The molecule has 1 atom stereocenters. The van der Waals surface area contributed by atoms with Crippen molar-refractivity contribution in [1.29, 1.82) is 0 Å². The molecular formula is C19H26N4O3S2. The summed E-state index contributed by atoms with van der Waals surface area (Å²) in [5.74, 6) is -0.157. The maximum absolute atomic E-state index is 13.3. The molecule has 1 aliphatic heterocycles. The van der Waals surface area contributed by atoms with E-state index >= 15 is 0 Å². The number of aromatic nitrogens is 2. The van der Waals surface area contributed by atoms with Gasteiger partial charge in [0.1, 0.15) is 22.0 Å². The Morgan fingerprint density at radius 2 is 1.79 bits per heavy atom. The Labute approximate surface area is 169 Å². The van der Waals surface area contributed by atoms with Crippen LogP contribution in [0.15, 0.2) is 23.1 Å². The number of rotatable bonds is 4. The maximum atomic E-state index is 13.3. The monoisotopic (exact) mass is 422 g/mol. The molecule has 0 bridgehead atoms. The van der Waals surface area contributed by atoms with Crippen molar-refractivity contribution in [2.75, 3.05) is 6.54 Å². The van der Waals surface area contributed by atoms with Crippen LogP contribution < -0.4 is 5.32 Å². The van der Waals surface area contributed by atoms with Gasteiger partial charge in [-0.2, -0.15) is 13.1 Å². The van der Waals surface area contributed by atoms with Crippen molar-refractivity contribution >= 4 is 38.7 Å². The summed E-state index contributed by atoms with van der Waals surface area (Å²) in [6.07, 6.45) is 9.14. The number of carbonyl (C=O) groups excluding carboxylic acids is 1. The van der Waals surface area contributed by atoms with E-state index in [4.69, 9.17) is 0 Å². The van der Waals surface area contributed by atoms with Crippen LogP contribution in [0.3, 0.4) is 0 Å². The van der Waals surface area contributed by atoms with Crippen molar-refractivity contribution in [3.63, 3.8) is 0 Å². The molecule has 9 heteroatoms. The second kappa shape index (κ2) is 8.42. The molecule has 1 N–H and O–H groups in total. The largest absolute Gasteiger partial charge is 0.352 e. The number of benzene rings is 1. The Balaban J connectivity index is 1.54. The fraction of sp³-hybridized carbons (Fsp3) is 0.632. The maximum Gasteiger partial charge on any atom is 0.246 e. The van der Waals surface area contributed by atoms with Gasteiger partial charge in [0.25, 0.3) is 0 Å². The topological polar surface area (TPSA) is 92.3 Å². The number of amides is 1. The van der Waals surface area contributed by atoms with Crippen LogP contribution in [0.1, 0.15) is 57.8 Å². The Kier molecular flexibility index (Phi) is 5.93. The minimum absolute atomic E-state index is 0.143. The first-order valence-corrected chi connectivity index (χ1v) is 12.3. The zero-order chi connectivity index (χ0) is 19.6. The van der Waals surface area contributed by atoms with Crippen LogP contribution in [-0.2, 0) is 14.8 Å². The minimum Gasteiger partial charge on any atom is -0.352 e. The molecule has 1 aliphatic carbocycles. The summed E-state index contributed by atoms with van der Waals surface area (Å²) in [5.41, 5.74) is 0.958. The smallest absolute Gasteiger partial charge is 0.246 e. The van der Waals surface area contributed by atoms with Gasteiger partial charge in [-0.05, 0) is 37.8 Å². The molecule has 152 valence electrons. The number of fused-ring (bicyclic) bond motifs is 1. The molecule has 2 aliphatic rings. The molecule has 1 aromatic carbocycles. The van der Waals surface area contributed by atoms with Crippen LogP contribution in [0.2, 0.25) is 0 Å². The Morgan fingerprint density at radius 3 is 2.57 bits per heavy atom. The molecule has 7 nitrogen and oxygen atoms in total. The molecular weight excluding hydrogens is 396 g/mol. The van der Waals surface area contributed by atoms with Gasteiger partial charge in [-0.1, -0.05) is 38.2 Å². The molecule has 1 saturated heterocycles. The summed E-state index contributed by atoms with van der Waals surface area (Å²) >= 11 is 0.997. The standard InChI is InChI=1S/C19H26N4O3S2/c24-19(20-14-8-4-2-1-3-5-9-14)16-11-7-13-23(16)28(25,26)17-12-6-10-15-18(17)22-27-21-15/h6,10,12,14,16H,1-5,7-9,11,13H2,(H,20,24)/t16-/m0/s1. The third kappa shape index (κ3) is 3.92. The Bertz CT molecular complexity index is 936. The number of hydrogen-bond donors (Lipinski definition) is 1. The van der Waals surface area contributed by atoms with Gasteiger partial charge in [-0.15, -0.1) is 0 Å². The minimum atomic E-state index is -3.81. The van der Waals surface area contributed by atoms with Gasteiger partial charge in [-0.3, -0.25) is 4.79 Å². The lowest BCUT2D eigenvalue weighted by atomic mass is 9.96. The van der Waals surface area contributed by atoms with E-state index in [0.29, 0.717) is 30.4 Å². The fourth-order valence-electron chi connectivity index (χ4n) is 4.30. The molecule has 0 unspecified atom stereocenters. The molecule has 1 amide bonds. The van der Waals surface area contributed by atoms with Crippen LogP contribution in [0.25, 0.3) is 11.0 Å². The van der Waals surface area contributed by atoms with Gasteiger partial charge in [0.05, 0.1) is 11.7 Å². The van der Waals surface area contributed by atoms with Gasteiger partial charge < -0.3 is 5.32 Å². The number of hydrogen-bond acceptors (Lipinski definition) is 6. The van der Waals surface area contributed by atoms with Gasteiger partial charge in [0.15, 0.2) is 0 Å².